The molecule has 1 fully saturated rings. The Bertz CT molecular complexity index is 519. The lowest BCUT2D eigenvalue weighted by molar-refractivity contribution is -0.117. The van der Waals surface area contributed by atoms with Crippen LogP contribution in [0.15, 0.2) is 22.7 Å². The van der Waals surface area contributed by atoms with Crippen molar-refractivity contribution in [1.29, 1.82) is 0 Å². The van der Waals surface area contributed by atoms with Crippen molar-refractivity contribution < 1.29 is 14.3 Å². The molecule has 19 heavy (non-hydrogen) atoms. The van der Waals surface area contributed by atoms with Gasteiger partial charge in [0, 0.05) is 17.4 Å². The molecule has 0 saturated carbocycles. The van der Waals surface area contributed by atoms with Crippen LogP contribution in [0.2, 0.25) is 0 Å². The van der Waals surface area contributed by atoms with E-state index in [0.29, 0.717) is 30.8 Å². The van der Waals surface area contributed by atoms with E-state index < -0.39 is 5.97 Å². The van der Waals surface area contributed by atoms with Crippen LogP contribution in [-0.2, 0) is 9.53 Å². The van der Waals surface area contributed by atoms with Crippen LogP contribution in [0.25, 0.3) is 0 Å². The monoisotopic (exact) mass is 326 g/mol. The van der Waals surface area contributed by atoms with Crippen LogP contribution in [0.4, 0.5) is 5.69 Å². The van der Waals surface area contributed by atoms with Crippen molar-refractivity contribution in [3.8, 4) is 0 Å². The number of nitrogens with zero attached hydrogens (tertiary/aromatic N) is 1. The Morgan fingerprint density at radius 2 is 2.32 bits per heavy atom. The van der Waals surface area contributed by atoms with Gasteiger partial charge in [0.05, 0.1) is 18.4 Å². The van der Waals surface area contributed by atoms with E-state index in [-0.39, 0.29) is 11.8 Å². The van der Waals surface area contributed by atoms with E-state index >= 15 is 0 Å². The molecule has 1 aliphatic rings. The van der Waals surface area contributed by atoms with Crippen LogP contribution in [-0.4, -0.2) is 32.1 Å². The maximum Gasteiger partial charge on any atom is 0.340 e. The quantitative estimate of drug-likeness (QED) is 0.855. The summed E-state index contributed by atoms with van der Waals surface area (Å²) < 4.78 is 5.52. The second-order valence-corrected chi connectivity index (χ2v) is 5.38. The van der Waals surface area contributed by atoms with E-state index in [2.05, 4.69) is 15.9 Å². The van der Waals surface area contributed by atoms with Gasteiger partial charge < -0.3 is 15.4 Å². The number of rotatable bonds is 3. The highest BCUT2D eigenvalue weighted by Gasteiger charge is 2.32. The molecule has 102 valence electrons. The van der Waals surface area contributed by atoms with E-state index in [0.717, 1.165) is 4.47 Å². The number of carbonyl (C=O) groups is 2. The van der Waals surface area contributed by atoms with Gasteiger partial charge in [0.25, 0.3) is 0 Å². The van der Waals surface area contributed by atoms with Gasteiger partial charge >= 0.3 is 5.97 Å². The molecule has 2 rings (SSSR count). The normalized spacial score (nSPS) is 18.8. The highest BCUT2D eigenvalue weighted by Crippen LogP contribution is 2.30. The Morgan fingerprint density at radius 3 is 2.89 bits per heavy atom. The molecule has 1 saturated heterocycles. The van der Waals surface area contributed by atoms with E-state index in [9.17, 15) is 9.59 Å². The fourth-order valence-electron chi connectivity index (χ4n) is 2.19. The Hall–Kier alpha value is -1.40. The van der Waals surface area contributed by atoms with Crippen LogP contribution in [0.3, 0.4) is 0 Å². The van der Waals surface area contributed by atoms with Gasteiger partial charge in [-0.1, -0.05) is 15.9 Å². The molecular formula is C13H15BrN2O3. The molecule has 1 aliphatic heterocycles. The number of hydrogen-bond donors (Lipinski definition) is 1. The first-order valence-corrected chi connectivity index (χ1v) is 6.74. The third-order valence-corrected chi connectivity index (χ3v) is 3.69. The molecule has 0 aliphatic carbocycles. The average molecular weight is 327 g/mol. The zero-order valence-electron chi connectivity index (χ0n) is 10.6. The highest BCUT2D eigenvalue weighted by molar-refractivity contribution is 9.10. The first-order chi connectivity index (χ1) is 9.06. The van der Waals surface area contributed by atoms with Gasteiger partial charge in [0.15, 0.2) is 0 Å². The smallest absolute Gasteiger partial charge is 0.340 e. The van der Waals surface area contributed by atoms with E-state index in [1.54, 1.807) is 23.1 Å². The first-order valence-electron chi connectivity index (χ1n) is 5.95. The van der Waals surface area contributed by atoms with Crippen LogP contribution in [0, 0.1) is 5.92 Å². The molecule has 6 heteroatoms. The summed E-state index contributed by atoms with van der Waals surface area (Å²) in [6, 6.07) is 5.20. The topological polar surface area (TPSA) is 72.6 Å². The molecule has 1 heterocycles. The Balaban J connectivity index is 2.39. The molecule has 1 atom stereocenters. The number of methoxy groups -OCH3 is 1. The molecule has 0 aromatic heterocycles. The van der Waals surface area contributed by atoms with Crippen molar-refractivity contribution >= 4 is 33.5 Å². The third-order valence-electron chi connectivity index (χ3n) is 3.19. The van der Waals surface area contributed by atoms with Crippen molar-refractivity contribution in [2.75, 3.05) is 25.1 Å². The number of amides is 1. The second-order valence-electron chi connectivity index (χ2n) is 4.46. The first kappa shape index (κ1) is 14.0. The number of halogens is 1. The summed E-state index contributed by atoms with van der Waals surface area (Å²) >= 11 is 3.31. The number of carbonyl (C=O) groups excluding carboxylic acids is 2. The lowest BCUT2D eigenvalue weighted by Crippen LogP contribution is -2.27. The molecule has 0 spiro atoms. The summed E-state index contributed by atoms with van der Waals surface area (Å²) in [4.78, 5) is 25.4. The van der Waals surface area contributed by atoms with Crippen molar-refractivity contribution in [1.82, 2.24) is 0 Å². The summed E-state index contributed by atoms with van der Waals surface area (Å²) in [5, 5.41) is 0. The minimum absolute atomic E-state index is 0.0112. The van der Waals surface area contributed by atoms with Gasteiger partial charge in [-0.15, -0.1) is 0 Å². The second kappa shape index (κ2) is 5.71. The van der Waals surface area contributed by atoms with Gasteiger partial charge in [0.2, 0.25) is 5.91 Å². The maximum atomic E-state index is 12.0. The number of nitrogens with two attached hydrogens (primary N) is 1. The van der Waals surface area contributed by atoms with E-state index in [1.807, 2.05) is 0 Å². The number of hydrogen-bond acceptors (Lipinski definition) is 4. The summed E-state index contributed by atoms with van der Waals surface area (Å²) in [7, 11) is 1.32. The fourth-order valence-corrected chi connectivity index (χ4v) is 2.55. The number of esters is 1. The predicted octanol–water partition coefficient (Wildman–Crippen LogP) is 1.55. The van der Waals surface area contributed by atoms with Gasteiger partial charge in [-0.05, 0) is 30.7 Å². The molecule has 1 amide bonds. The lowest BCUT2D eigenvalue weighted by atomic mass is 10.1. The van der Waals surface area contributed by atoms with Gasteiger partial charge in [-0.3, -0.25) is 4.79 Å². The molecule has 2 N–H and O–H groups in total. The third kappa shape index (κ3) is 2.79. The van der Waals surface area contributed by atoms with Gasteiger partial charge in [-0.2, -0.15) is 0 Å². The van der Waals surface area contributed by atoms with Gasteiger partial charge in [0.1, 0.15) is 0 Å². The summed E-state index contributed by atoms with van der Waals surface area (Å²) in [5.74, 6) is -0.329. The molecular weight excluding hydrogens is 312 g/mol. The van der Waals surface area contributed by atoms with Crippen molar-refractivity contribution in [3.63, 3.8) is 0 Å². The average Bonchev–Trinajstić information content (AvgIpc) is 2.79. The molecule has 1 unspecified atom stereocenters. The SMILES string of the molecule is COC(=O)c1cc(Br)ccc1N1CC(CN)CC1=O. The largest absolute Gasteiger partial charge is 0.465 e. The standard InChI is InChI=1S/C13H15BrN2O3/c1-19-13(18)10-5-9(14)2-3-11(10)16-7-8(6-15)4-12(16)17/h2-3,5,8H,4,6-7,15H2,1H3. The molecule has 0 radical (unpaired) electrons. The van der Waals surface area contributed by atoms with E-state index in [1.165, 1.54) is 7.11 Å². The molecule has 1 aromatic carbocycles. The maximum absolute atomic E-state index is 12.0. The number of ether oxygens (including phenoxy) is 1. The minimum Gasteiger partial charge on any atom is -0.465 e. The van der Waals surface area contributed by atoms with Crippen LogP contribution in [0.5, 0.6) is 0 Å². The fraction of sp³-hybridized carbons (Fsp3) is 0.385. The van der Waals surface area contributed by atoms with Crippen molar-refractivity contribution in [3.05, 3.63) is 28.2 Å². The predicted molar refractivity (Wildman–Crippen MR) is 75.0 cm³/mol. The minimum atomic E-state index is -0.458. The summed E-state index contributed by atoms with van der Waals surface area (Å²) in [6.07, 6.45) is 0.424. The zero-order valence-corrected chi connectivity index (χ0v) is 12.1. The van der Waals surface area contributed by atoms with Crippen LogP contribution in [0.1, 0.15) is 16.8 Å². The van der Waals surface area contributed by atoms with Gasteiger partial charge in [-0.25, -0.2) is 4.79 Å². The van der Waals surface area contributed by atoms with E-state index in [4.69, 9.17) is 10.5 Å². The summed E-state index contributed by atoms with van der Waals surface area (Å²) in [5.41, 5.74) is 6.56. The summed E-state index contributed by atoms with van der Waals surface area (Å²) in [6.45, 7) is 1.01. The number of benzene rings is 1. The molecule has 5 nitrogen and oxygen atoms in total. The molecule has 0 bridgehead atoms. The van der Waals surface area contributed by atoms with Crippen LogP contribution < -0.4 is 10.6 Å². The Labute approximate surface area is 119 Å². The van der Waals surface area contributed by atoms with Crippen molar-refractivity contribution in [2.24, 2.45) is 11.7 Å². The zero-order chi connectivity index (χ0) is 14.0. The Kier molecular flexibility index (Phi) is 4.21. The molecule has 1 aromatic rings. The Morgan fingerprint density at radius 1 is 1.58 bits per heavy atom. The van der Waals surface area contributed by atoms with Crippen molar-refractivity contribution in [2.45, 2.75) is 6.42 Å². The van der Waals surface area contributed by atoms with Crippen LogP contribution >= 0.6 is 15.9 Å². The lowest BCUT2D eigenvalue weighted by Gasteiger charge is -2.19. The number of anilines is 1. The highest BCUT2D eigenvalue weighted by atomic mass is 79.9.